The van der Waals surface area contributed by atoms with E-state index in [2.05, 4.69) is 19.8 Å². The van der Waals surface area contributed by atoms with Gasteiger partial charge >= 0.3 is 6.29 Å². The van der Waals surface area contributed by atoms with Gasteiger partial charge in [-0.25, -0.2) is 4.98 Å². The minimum Gasteiger partial charge on any atom is -0.507 e. The second kappa shape index (κ2) is 6.24. The standard InChI is InChI=1S/C19H12F2N2O4/c20-19(21)26-15-8-13(14(24)9-16(15)27-19)12-6-7-17(22-10-12)23-18(25)11-4-2-1-3-5-11/h1-10,24H,(H,22,23,25). The Morgan fingerprint density at radius 2 is 1.74 bits per heavy atom. The van der Waals surface area contributed by atoms with Gasteiger partial charge in [-0.2, -0.15) is 0 Å². The number of halogens is 2. The Hall–Kier alpha value is -3.68. The van der Waals surface area contributed by atoms with Crippen LogP contribution in [0.5, 0.6) is 17.2 Å². The highest BCUT2D eigenvalue weighted by atomic mass is 19.3. The molecule has 0 saturated heterocycles. The quantitative estimate of drug-likeness (QED) is 0.728. The molecule has 0 saturated carbocycles. The average molecular weight is 370 g/mol. The number of aromatic nitrogens is 1. The lowest BCUT2D eigenvalue weighted by atomic mass is 10.1. The van der Waals surface area contributed by atoms with E-state index in [1.54, 1.807) is 36.4 Å². The van der Waals surface area contributed by atoms with Gasteiger partial charge < -0.3 is 19.9 Å². The van der Waals surface area contributed by atoms with Crippen LogP contribution >= 0.6 is 0 Å². The number of rotatable bonds is 3. The van der Waals surface area contributed by atoms with Gasteiger partial charge in [0.1, 0.15) is 11.6 Å². The Kier molecular flexibility index (Phi) is 3.88. The van der Waals surface area contributed by atoms with E-state index in [4.69, 9.17) is 0 Å². The fourth-order valence-corrected chi connectivity index (χ4v) is 2.62. The summed E-state index contributed by atoms with van der Waals surface area (Å²) in [6.07, 6.45) is -2.37. The van der Waals surface area contributed by atoms with Crippen molar-refractivity contribution in [3.63, 3.8) is 0 Å². The van der Waals surface area contributed by atoms with E-state index < -0.39 is 6.29 Å². The molecule has 4 rings (SSSR count). The summed E-state index contributed by atoms with van der Waals surface area (Å²) in [5.74, 6) is -0.712. The number of aromatic hydroxyl groups is 1. The van der Waals surface area contributed by atoms with E-state index in [9.17, 15) is 18.7 Å². The zero-order chi connectivity index (χ0) is 19.0. The molecule has 2 aromatic carbocycles. The molecular weight excluding hydrogens is 358 g/mol. The molecule has 2 heterocycles. The molecule has 0 atom stereocenters. The fraction of sp³-hybridized carbons (Fsp3) is 0.0526. The van der Waals surface area contributed by atoms with Crippen molar-refractivity contribution in [1.29, 1.82) is 0 Å². The molecule has 3 aromatic rings. The number of hydrogen-bond acceptors (Lipinski definition) is 5. The molecular formula is C19H12F2N2O4. The van der Waals surface area contributed by atoms with E-state index in [0.29, 0.717) is 16.9 Å². The number of carbonyl (C=O) groups excluding carboxylic acids is 1. The minimum atomic E-state index is -3.77. The van der Waals surface area contributed by atoms with Crippen LogP contribution in [0, 0.1) is 0 Å². The summed E-state index contributed by atoms with van der Waals surface area (Å²) < 4.78 is 35.0. The Morgan fingerprint density at radius 3 is 2.41 bits per heavy atom. The van der Waals surface area contributed by atoms with Crippen LogP contribution in [0.4, 0.5) is 14.6 Å². The van der Waals surface area contributed by atoms with Gasteiger partial charge in [-0.15, -0.1) is 8.78 Å². The predicted molar refractivity (Wildman–Crippen MR) is 91.9 cm³/mol. The van der Waals surface area contributed by atoms with Gasteiger partial charge in [0.2, 0.25) is 0 Å². The number of alkyl halides is 2. The van der Waals surface area contributed by atoms with Crippen LogP contribution in [0.3, 0.4) is 0 Å². The van der Waals surface area contributed by atoms with E-state index in [-0.39, 0.29) is 28.7 Å². The topological polar surface area (TPSA) is 80.7 Å². The largest absolute Gasteiger partial charge is 0.586 e. The molecule has 1 aliphatic heterocycles. The lowest BCUT2D eigenvalue weighted by molar-refractivity contribution is -0.286. The predicted octanol–water partition coefficient (Wildman–Crippen LogP) is 4.03. The van der Waals surface area contributed by atoms with Crippen LogP contribution in [-0.4, -0.2) is 22.3 Å². The number of phenolic OH excluding ortho intramolecular Hbond substituents is 1. The van der Waals surface area contributed by atoms with Crippen LogP contribution in [0.25, 0.3) is 11.1 Å². The van der Waals surface area contributed by atoms with Crippen LogP contribution in [-0.2, 0) is 0 Å². The molecule has 0 unspecified atom stereocenters. The summed E-state index contributed by atoms with van der Waals surface area (Å²) in [7, 11) is 0. The van der Waals surface area contributed by atoms with Crippen molar-refractivity contribution >= 4 is 11.7 Å². The van der Waals surface area contributed by atoms with Crippen LogP contribution < -0.4 is 14.8 Å². The zero-order valence-corrected chi connectivity index (χ0v) is 13.6. The van der Waals surface area contributed by atoms with Gasteiger partial charge in [-0.05, 0) is 30.3 Å². The summed E-state index contributed by atoms with van der Waals surface area (Å²) >= 11 is 0. The molecule has 0 fully saturated rings. The summed E-state index contributed by atoms with van der Waals surface area (Å²) in [5, 5.41) is 12.7. The summed E-state index contributed by atoms with van der Waals surface area (Å²) in [6.45, 7) is 0. The average Bonchev–Trinajstić information content (AvgIpc) is 2.95. The molecule has 1 amide bonds. The zero-order valence-electron chi connectivity index (χ0n) is 13.6. The Balaban J connectivity index is 1.56. The Bertz CT molecular complexity index is 1010. The molecule has 2 N–H and O–H groups in total. The first-order valence-corrected chi connectivity index (χ1v) is 7.87. The number of ether oxygens (including phenoxy) is 2. The number of nitrogens with zero attached hydrogens (tertiary/aromatic N) is 1. The summed E-state index contributed by atoms with van der Waals surface area (Å²) in [6, 6.07) is 14.1. The van der Waals surface area contributed by atoms with Crippen molar-refractivity contribution in [2.45, 2.75) is 6.29 Å². The maximum atomic E-state index is 13.1. The normalized spacial score (nSPS) is 14.0. The van der Waals surface area contributed by atoms with Gasteiger partial charge in [0.05, 0.1) is 0 Å². The third-order valence-electron chi connectivity index (χ3n) is 3.87. The molecule has 0 bridgehead atoms. The molecule has 27 heavy (non-hydrogen) atoms. The highest BCUT2D eigenvalue weighted by molar-refractivity contribution is 6.03. The lowest BCUT2D eigenvalue weighted by Gasteiger charge is -2.08. The van der Waals surface area contributed by atoms with Crippen molar-refractivity contribution in [2.75, 3.05) is 5.32 Å². The number of fused-ring (bicyclic) bond motifs is 1. The Labute approximate surface area is 152 Å². The molecule has 1 aliphatic rings. The van der Waals surface area contributed by atoms with Gasteiger partial charge in [-0.1, -0.05) is 18.2 Å². The van der Waals surface area contributed by atoms with E-state index in [1.807, 2.05) is 0 Å². The highest BCUT2D eigenvalue weighted by Crippen LogP contribution is 2.46. The number of anilines is 1. The van der Waals surface area contributed by atoms with Gasteiger partial charge in [0.15, 0.2) is 11.5 Å². The molecule has 0 radical (unpaired) electrons. The Morgan fingerprint density at radius 1 is 1.04 bits per heavy atom. The van der Waals surface area contributed by atoms with Crippen molar-refractivity contribution in [3.8, 4) is 28.4 Å². The lowest BCUT2D eigenvalue weighted by Crippen LogP contribution is -2.25. The third kappa shape index (κ3) is 3.37. The van der Waals surface area contributed by atoms with Crippen LogP contribution in [0.2, 0.25) is 0 Å². The third-order valence-corrected chi connectivity index (χ3v) is 3.87. The van der Waals surface area contributed by atoms with Gasteiger partial charge in [0, 0.05) is 29.0 Å². The van der Waals surface area contributed by atoms with Crippen molar-refractivity contribution in [2.24, 2.45) is 0 Å². The molecule has 0 aliphatic carbocycles. The second-order valence-corrected chi connectivity index (χ2v) is 5.74. The van der Waals surface area contributed by atoms with Gasteiger partial charge in [-0.3, -0.25) is 4.79 Å². The number of carbonyl (C=O) groups is 1. The highest BCUT2D eigenvalue weighted by Gasteiger charge is 2.44. The smallest absolute Gasteiger partial charge is 0.507 e. The molecule has 8 heteroatoms. The molecule has 136 valence electrons. The van der Waals surface area contributed by atoms with Crippen molar-refractivity contribution < 1.29 is 28.2 Å². The van der Waals surface area contributed by atoms with E-state index >= 15 is 0 Å². The monoisotopic (exact) mass is 370 g/mol. The molecule has 0 spiro atoms. The first-order valence-electron chi connectivity index (χ1n) is 7.87. The maximum Gasteiger partial charge on any atom is 0.586 e. The number of nitrogens with one attached hydrogen (secondary N) is 1. The van der Waals surface area contributed by atoms with Crippen LogP contribution in [0.1, 0.15) is 10.4 Å². The number of hydrogen-bond donors (Lipinski definition) is 2. The molecule has 6 nitrogen and oxygen atoms in total. The SMILES string of the molecule is O=C(Nc1ccc(-c2cc3c(cc2O)OC(F)(F)O3)cn1)c1ccccc1. The number of pyridine rings is 1. The van der Waals surface area contributed by atoms with E-state index in [0.717, 1.165) is 6.07 Å². The van der Waals surface area contributed by atoms with E-state index in [1.165, 1.54) is 18.3 Å². The summed E-state index contributed by atoms with van der Waals surface area (Å²) in [5.41, 5.74) is 1.17. The second-order valence-electron chi connectivity index (χ2n) is 5.74. The number of benzene rings is 2. The minimum absolute atomic E-state index is 0.186. The van der Waals surface area contributed by atoms with Crippen LogP contribution in [0.15, 0.2) is 60.8 Å². The first kappa shape index (κ1) is 16.8. The maximum absolute atomic E-state index is 13.1. The van der Waals surface area contributed by atoms with Crippen molar-refractivity contribution in [1.82, 2.24) is 4.98 Å². The fourth-order valence-electron chi connectivity index (χ4n) is 2.62. The summed E-state index contributed by atoms with van der Waals surface area (Å²) in [4.78, 5) is 16.2. The number of phenols is 1. The molecule has 1 aromatic heterocycles. The van der Waals surface area contributed by atoms with Crippen molar-refractivity contribution in [3.05, 3.63) is 66.4 Å². The first-order chi connectivity index (χ1) is 12.9. The van der Waals surface area contributed by atoms with Gasteiger partial charge in [0.25, 0.3) is 5.91 Å². The number of amides is 1.